The van der Waals surface area contributed by atoms with Crippen molar-refractivity contribution >= 4 is 32.4 Å². The summed E-state index contributed by atoms with van der Waals surface area (Å²) in [6, 6.07) is 24.3. The number of likely N-dealkylation sites (tertiary alicyclic amines) is 1. The molecule has 24 heavy (non-hydrogen) atoms. The Balaban J connectivity index is 1.40. The molecule has 1 aliphatic heterocycles. The molecule has 0 spiro atoms. The molecule has 0 amide bonds. The molecule has 2 nitrogen and oxygen atoms in total. The smallest absolute Gasteiger partial charge is 0.0400 e. The van der Waals surface area contributed by atoms with Gasteiger partial charge in [0.1, 0.15) is 0 Å². The van der Waals surface area contributed by atoms with Gasteiger partial charge in [-0.1, -0.05) is 58.4 Å². The van der Waals surface area contributed by atoms with Gasteiger partial charge in [-0.15, -0.1) is 0 Å². The fourth-order valence-electron chi connectivity index (χ4n) is 3.48. The van der Waals surface area contributed by atoms with Crippen LogP contribution in [-0.2, 0) is 6.54 Å². The lowest BCUT2D eigenvalue weighted by atomic mass is 10.1. The molecule has 0 bridgehead atoms. The maximum Gasteiger partial charge on any atom is 0.0400 e. The zero-order valence-corrected chi connectivity index (χ0v) is 15.2. The maximum absolute atomic E-state index is 3.71. The van der Waals surface area contributed by atoms with Crippen molar-refractivity contribution in [1.29, 1.82) is 0 Å². The molecular formula is C21H21BrN2. The molecule has 0 saturated carbocycles. The van der Waals surface area contributed by atoms with Crippen molar-refractivity contribution in [2.75, 3.05) is 18.4 Å². The van der Waals surface area contributed by atoms with Crippen LogP contribution in [0.25, 0.3) is 10.8 Å². The number of halogens is 1. The summed E-state index contributed by atoms with van der Waals surface area (Å²) in [5.41, 5.74) is 2.62. The third kappa shape index (κ3) is 3.63. The van der Waals surface area contributed by atoms with Crippen LogP contribution < -0.4 is 5.32 Å². The SMILES string of the molecule is Brc1ccc2cc(NC3CCN(Cc4ccccc4)C3)ccc2c1. The minimum Gasteiger partial charge on any atom is -0.381 e. The van der Waals surface area contributed by atoms with Crippen LogP contribution >= 0.6 is 15.9 Å². The van der Waals surface area contributed by atoms with Crippen LogP contribution in [0.2, 0.25) is 0 Å². The van der Waals surface area contributed by atoms with Gasteiger partial charge in [0, 0.05) is 35.8 Å². The molecule has 0 aromatic heterocycles. The summed E-state index contributed by atoms with van der Waals surface area (Å²) in [6.45, 7) is 3.31. The van der Waals surface area contributed by atoms with E-state index in [1.165, 1.54) is 28.4 Å². The molecule has 1 atom stereocenters. The van der Waals surface area contributed by atoms with Gasteiger partial charge in [-0.05, 0) is 47.0 Å². The van der Waals surface area contributed by atoms with Crippen LogP contribution in [0.3, 0.4) is 0 Å². The molecule has 3 aromatic carbocycles. The van der Waals surface area contributed by atoms with Gasteiger partial charge in [0.05, 0.1) is 0 Å². The van der Waals surface area contributed by atoms with Crippen molar-refractivity contribution in [2.45, 2.75) is 19.0 Å². The van der Waals surface area contributed by atoms with E-state index in [2.05, 4.69) is 92.9 Å². The first-order valence-electron chi connectivity index (χ1n) is 8.48. The van der Waals surface area contributed by atoms with Gasteiger partial charge < -0.3 is 5.32 Å². The van der Waals surface area contributed by atoms with E-state index in [1.807, 2.05) is 0 Å². The minimum absolute atomic E-state index is 0.529. The number of hydrogen-bond acceptors (Lipinski definition) is 2. The van der Waals surface area contributed by atoms with Crippen molar-refractivity contribution < 1.29 is 0 Å². The quantitative estimate of drug-likeness (QED) is 0.661. The Morgan fingerprint density at radius 2 is 1.75 bits per heavy atom. The van der Waals surface area contributed by atoms with Crippen molar-refractivity contribution in [1.82, 2.24) is 4.90 Å². The summed E-state index contributed by atoms with van der Waals surface area (Å²) in [5, 5.41) is 6.26. The lowest BCUT2D eigenvalue weighted by Crippen LogP contribution is -2.25. The van der Waals surface area contributed by atoms with E-state index in [4.69, 9.17) is 0 Å². The molecule has 4 rings (SSSR count). The molecular weight excluding hydrogens is 360 g/mol. The number of benzene rings is 3. The van der Waals surface area contributed by atoms with E-state index < -0.39 is 0 Å². The molecule has 3 aromatic rings. The summed E-state index contributed by atoms with van der Waals surface area (Å²) in [7, 11) is 0. The Hall–Kier alpha value is -1.84. The highest BCUT2D eigenvalue weighted by Gasteiger charge is 2.22. The average molecular weight is 381 g/mol. The van der Waals surface area contributed by atoms with Crippen LogP contribution in [0.15, 0.2) is 71.2 Å². The monoisotopic (exact) mass is 380 g/mol. The summed E-state index contributed by atoms with van der Waals surface area (Å²) in [4.78, 5) is 2.53. The van der Waals surface area contributed by atoms with E-state index in [0.29, 0.717) is 6.04 Å². The largest absolute Gasteiger partial charge is 0.381 e. The Morgan fingerprint density at radius 3 is 2.62 bits per heavy atom. The van der Waals surface area contributed by atoms with Crippen LogP contribution in [0.1, 0.15) is 12.0 Å². The highest BCUT2D eigenvalue weighted by atomic mass is 79.9. The number of nitrogens with zero attached hydrogens (tertiary/aromatic N) is 1. The Kier molecular flexibility index (Phi) is 4.54. The van der Waals surface area contributed by atoms with E-state index >= 15 is 0 Å². The number of hydrogen-bond donors (Lipinski definition) is 1. The van der Waals surface area contributed by atoms with E-state index in [9.17, 15) is 0 Å². The van der Waals surface area contributed by atoms with Crippen LogP contribution in [0.4, 0.5) is 5.69 Å². The second-order valence-corrected chi connectivity index (χ2v) is 7.47. The summed E-state index contributed by atoms with van der Waals surface area (Å²) in [6.07, 6.45) is 1.20. The first-order valence-corrected chi connectivity index (χ1v) is 9.28. The van der Waals surface area contributed by atoms with Crippen LogP contribution in [-0.4, -0.2) is 24.0 Å². The molecule has 122 valence electrons. The molecule has 1 unspecified atom stereocenters. The van der Waals surface area contributed by atoms with E-state index in [1.54, 1.807) is 0 Å². The van der Waals surface area contributed by atoms with Gasteiger partial charge in [0.2, 0.25) is 0 Å². The van der Waals surface area contributed by atoms with Crippen molar-refractivity contribution in [3.63, 3.8) is 0 Å². The molecule has 1 aliphatic rings. The minimum atomic E-state index is 0.529. The normalized spacial score (nSPS) is 18.1. The molecule has 0 radical (unpaired) electrons. The molecule has 1 heterocycles. The Bertz CT molecular complexity index is 832. The van der Waals surface area contributed by atoms with Gasteiger partial charge in [-0.3, -0.25) is 4.90 Å². The summed E-state index contributed by atoms with van der Waals surface area (Å²) < 4.78 is 1.13. The summed E-state index contributed by atoms with van der Waals surface area (Å²) in [5.74, 6) is 0. The lowest BCUT2D eigenvalue weighted by molar-refractivity contribution is 0.328. The Morgan fingerprint density at radius 1 is 0.958 bits per heavy atom. The predicted octanol–water partition coefficient (Wildman–Crippen LogP) is 5.29. The topological polar surface area (TPSA) is 15.3 Å². The van der Waals surface area contributed by atoms with Crippen molar-refractivity contribution in [3.8, 4) is 0 Å². The zero-order chi connectivity index (χ0) is 16.4. The number of anilines is 1. The average Bonchev–Trinajstić information content (AvgIpc) is 3.03. The third-order valence-corrected chi connectivity index (χ3v) is 5.19. The zero-order valence-electron chi connectivity index (χ0n) is 13.6. The number of nitrogens with one attached hydrogen (secondary N) is 1. The van der Waals surface area contributed by atoms with Crippen LogP contribution in [0.5, 0.6) is 0 Å². The second kappa shape index (κ2) is 6.96. The van der Waals surface area contributed by atoms with E-state index in [-0.39, 0.29) is 0 Å². The molecule has 1 fully saturated rings. The van der Waals surface area contributed by atoms with Crippen LogP contribution in [0, 0.1) is 0 Å². The van der Waals surface area contributed by atoms with Crippen molar-refractivity contribution in [2.24, 2.45) is 0 Å². The first-order chi connectivity index (χ1) is 11.8. The molecule has 1 N–H and O–H groups in total. The van der Waals surface area contributed by atoms with Gasteiger partial charge in [-0.25, -0.2) is 0 Å². The highest BCUT2D eigenvalue weighted by Crippen LogP contribution is 2.24. The first kappa shape index (κ1) is 15.7. The lowest BCUT2D eigenvalue weighted by Gasteiger charge is -2.18. The standard InChI is InChI=1S/C21H21BrN2/c22-19-8-6-18-13-20(9-7-17(18)12-19)23-21-10-11-24(15-21)14-16-4-2-1-3-5-16/h1-9,12-13,21,23H,10-11,14-15H2. The second-order valence-electron chi connectivity index (χ2n) is 6.56. The maximum atomic E-state index is 3.71. The van der Waals surface area contributed by atoms with Gasteiger partial charge in [0.15, 0.2) is 0 Å². The predicted molar refractivity (Wildman–Crippen MR) is 105 cm³/mol. The number of fused-ring (bicyclic) bond motifs is 1. The summed E-state index contributed by atoms with van der Waals surface area (Å²) >= 11 is 3.53. The Labute approximate surface area is 151 Å². The number of rotatable bonds is 4. The fourth-order valence-corrected chi connectivity index (χ4v) is 3.86. The third-order valence-electron chi connectivity index (χ3n) is 4.69. The van der Waals surface area contributed by atoms with Gasteiger partial charge in [-0.2, -0.15) is 0 Å². The van der Waals surface area contributed by atoms with Gasteiger partial charge >= 0.3 is 0 Å². The molecule has 0 aliphatic carbocycles. The molecule has 3 heteroatoms. The molecule has 1 saturated heterocycles. The highest BCUT2D eigenvalue weighted by molar-refractivity contribution is 9.10. The van der Waals surface area contributed by atoms with E-state index in [0.717, 1.165) is 24.1 Å². The van der Waals surface area contributed by atoms with Gasteiger partial charge in [0.25, 0.3) is 0 Å². The fraction of sp³-hybridized carbons (Fsp3) is 0.238. The van der Waals surface area contributed by atoms with Crippen molar-refractivity contribution in [3.05, 3.63) is 76.8 Å².